The Morgan fingerprint density at radius 1 is 1.17 bits per heavy atom. The van der Waals surface area contributed by atoms with Crippen molar-refractivity contribution in [2.24, 2.45) is 5.92 Å². The van der Waals surface area contributed by atoms with E-state index in [4.69, 9.17) is 5.11 Å². The minimum absolute atomic E-state index is 0.0680. The Balaban J connectivity index is 2.87. The first-order chi connectivity index (χ1) is 8.34. The molecule has 98 valence electrons. The molecule has 6 nitrogen and oxygen atoms in total. The first-order valence-electron chi connectivity index (χ1n) is 5.67. The number of carbonyl (C=O) groups excluding carboxylic acids is 1. The molecule has 18 heavy (non-hydrogen) atoms. The molecule has 0 aromatic carbocycles. The van der Waals surface area contributed by atoms with Gasteiger partial charge in [-0.3, -0.25) is 4.79 Å². The van der Waals surface area contributed by atoms with Crippen LogP contribution in [0.25, 0.3) is 0 Å². The third kappa shape index (κ3) is 3.03. The fourth-order valence-electron chi connectivity index (χ4n) is 1.36. The topological polar surface area (TPSA) is 83.4 Å². The highest BCUT2D eigenvalue weighted by atomic mass is 16.4. The van der Waals surface area contributed by atoms with Gasteiger partial charge in [-0.2, -0.15) is 0 Å². The van der Waals surface area contributed by atoms with Crippen LogP contribution >= 0.6 is 0 Å². The molecule has 1 N–H and O–H groups in total. The molecule has 0 spiro atoms. The number of carbonyl (C=O) groups is 2. The lowest BCUT2D eigenvalue weighted by Gasteiger charge is -2.27. The molecule has 1 rings (SSSR count). The minimum Gasteiger partial charge on any atom is -0.476 e. The average Bonchev–Trinajstić information content (AvgIpc) is 2.36. The predicted octanol–water partition coefficient (Wildman–Crippen LogP) is 1.29. The van der Waals surface area contributed by atoms with Crippen molar-refractivity contribution >= 4 is 11.9 Å². The van der Waals surface area contributed by atoms with Crippen LogP contribution in [-0.4, -0.2) is 44.9 Å². The first kappa shape index (κ1) is 14.1. The van der Waals surface area contributed by atoms with Gasteiger partial charge in [0.2, 0.25) is 0 Å². The summed E-state index contributed by atoms with van der Waals surface area (Å²) in [5.41, 5.74) is -0.0267. The summed E-state index contributed by atoms with van der Waals surface area (Å²) in [5.74, 6) is -1.10. The lowest BCUT2D eigenvalue weighted by atomic mass is 10.1. The van der Waals surface area contributed by atoms with Crippen molar-refractivity contribution in [3.63, 3.8) is 0 Å². The summed E-state index contributed by atoms with van der Waals surface area (Å²) in [7, 11) is 1.69. The van der Waals surface area contributed by atoms with Crippen LogP contribution in [-0.2, 0) is 0 Å². The second kappa shape index (κ2) is 5.57. The van der Waals surface area contributed by atoms with E-state index in [1.165, 1.54) is 6.20 Å². The Morgan fingerprint density at radius 2 is 1.67 bits per heavy atom. The molecule has 0 bridgehead atoms. The standard InChI is InChI=1S/C12H17N3O3/c1-7(2)8(3)15(4)11(16)9-5-14-10(6-13-9)12(17)18/h5-8H,1-4H3,(H,17,18). The Kier molecular flexibility index (Phi) is 4.36. The lowest BCUT2D eigenvalue weighted by Crippen LogP contribution is -2.38. The lowest BCUT2D eigenvalue weighted by molar-refractivity contribution is 0.0677. The fourth-order valence-corrected chi connectivity index (χ4v) is 1.36. The zero-order chi connectivity index (χ0) is 13.9. The Morgan fingerprint density at radius 3 is 2.06 bits per heavy atom. The van der Waals surface area contributed by atoms with Crippen molar-refractivity contribution < 1.29 is 14.7 Å². The Bertz CT molecular complexity index is 442. The Labute approximate surface area is 106 Å². The van der Waals surface area contributed by atoms with Crippen molar-refractivity contribution in [3.8, 4) is 0 Å². The number of amides is 1. The molecule has 0 fully saturated rings. The summed E-state index contributed by atoms with van der Waals surface area (Å²) in [6, 6.07) is 0.0680. The van der Waals surface area contributed by atoms with Gasteiger partial charge in [0.1, 0.15) is 5.69 Å². The van der Waals surface area contributed by atoms with E-state index in [1.54, 1.807) is 11.9 Å². The van der Waals surface area contributed by atoms with E-state index in [0.29, 0.717) is 5.92 Å². The Hall–Kier alpha value is -1.98. The molecule has 1 unspecified atom stereocenters. The molecule has 1 heterocycles. The van der Waals surface area contributed by atoms with Crippen LogP contribution in [0.5, 0.6) is 0 Å². The molecule has 6 heteroatoms. The van der Waals surface area contributed by atoms with Gasteiger partial charge < -0.3 is 10.0 Å². The number of aromatic nitrogens is 2. The number of hydrogen-bond donors (Lipinski definition) is 1. The van der Waals surface area contributed by atoms with Crippen LogP contribution in [0, 0.1) is 5.92 Å². The predicted molar refractivity (Wildman–Crippen MR) is 65.4 cm³/mol. The van der Waals surface area contributed by atoms with Crippen molar-refractivity contribution in [3.05, 3.63) is 23.8 Å². The van der Waals surface area contributed by atoms with Gasteiger partial charge in [-0.15, -0.1) is 0 Å². The normalized spacial score (nSPS) is 12.3. The molecule has 1 aromatic heterocycles. The molecule has 0 aliphatic heterocycles. The number of aromatic carboxylic acids is 1. The zero-order valence-corrected chi connectivity index (χ0v) is 10.9. The van der Waals surface area contributed by atoms with Crippen LogP contribution in [0.3, 0.4) is 0 Å². The van der Waals surface area contributed by atoms with Crippen LogP contribution in [0.4, 0.5) is 0 Å². The SMILES string of the molecule is CC(C)C(C)N(C)C(=O)c1cnc(C(=O)O)cn1. The maximum absolute atomic E-state index is 12.0. The quantitative estimate of drug-likeness (QED) is 0.871. The van der Waals surface area contributed by atoms with Gasteiger partial charge in [0.05, 0.1) is 12.4 Å². The molecular weight excluding hydrogens is 234 g/mol. The summed E-state index contributed by atoms with van der Waals surface area (Å²) in [6.45, 7) is 5.99. The summed E-state index contributed by atoms with van der Waals surface area (Å²) in [4.78, 5) is 31.7. The molecule has 0 saturated heterocycles. The van der Waals surface area contributed by atoms with Gasteiger partial charge in [0.25, 0.3) is 5.91 Å². The summed E-state index contributed by atoms with van der Waals surface area (Å²) in [6.07, 6.45) is 2.28. The number of nitrogens with zero attached hydrogens (tertiary/aromatic N) is 3. The van der Waals surface area contributed by atoms with E-state index < -0.39 is 5.97 Å². The van der Waals surface area contributed by atoms with E-state index in [2.05, 4.69) is 9.97 Å². The minimum atomic E-state index is -1.16. The number of carboxylic acid groups (broad SMARTS) is 1. The van der Waals surface area contributed by atoms with Gasteiger partial charge in [-0.1, -0.05) is 13.8 Å². The van der Waals surface area contributed by atoms with Crippen molar-refractivity contribution in [1.82, 2.24) is 14.9 Å². The highest BCUT2D eigenvalue weighted by Gasteiger charge is 2.21. The monoisotopic (exact) mass is 251 g/mol. The van der Waals surface area contributed by atoms with Crippen LogP contribution in [0.1, 0.15) is 41.7 Å². The number of carboxylic acids is 1. The molecule has 0 aliphatic rings. The average molecular weight is 251 g/mol. The third-order valence-corrected chi connectivity index (χ3v) is 2.99. The highest BCUT2D eigenvalue weighted by molar-refractivity contribution is 5.92. The molecule has 0 aliphatic carbocycles. The van der Waals surface area contributed by atoms with Gasteiger partial charge in [-0.05, 0) is 12.8 Å². The van der Waals surface area contributed by atoms with Crippen molar-refractivity contribution in [1.29, 1.82) is 0 Å². The maximum atomic E-state index is 12.0. The molecule has 0 radical (unpaired) electrons. The summed E-state index contributed by atoms with van der Waals surface area (Å²) >= 11 is 0. The summed E-state index contributed by atoms with van der Waals surface area (Å²) < 4.78 is 0. The van der Waals surface area contributed by atoms with E-state index in [9.17, 15) is 9.59 Å². The van der Waals surface area contributed by atoms with Crippen LogP contribution < -0.4 is 0 Å². The van der Waals surface area contributed by atoms with Crippen molar-refractivity contribution in [2.45, 2.75) is 26.8 Å². The first-order valence-corrected chi connectivity index (χ1v) is 5.67. The molecular formula is C12H17N3O3. The van der Waals surface area contributed by atoms with Gasteiger partial charge in [-0.25, -0.2) is 14.8 Å². The van der Waals surface area contributed by atoms with E-state index >= 15 is 0 Å². The highest BCUT2D eigenvalue weighted by Crippen LogP contribution is 2.11. The molecule has 1 aromatic rings. The van der Waals surface area contributed by atoms with Gasteiger partial charge >= 0.3 is 5.97 Å². The third-order valence-electron chi connectivity index (χ3n) is 2.99. The number of rotatable bonds is 4. The summed E-state index contributed by atoms with van der Waals surface area (Å²) in [5, 5.41) is 8.69. The van der Waals surface area contributed by atoms with Crippen LogP contribution in [0.2, 0.25) is 0 Å². The maximum Gasteiger partial charge on any atom is 0.356 e. The van der Waals surface area contributed by atoms with Crippen molar-refractivity contribution in [2.75, 3.05) is 7.05 Å². The number of hydrogen-bond acceptors (Lipinski definition) is 4. The van der Waals surface area contributed by atoms with Gasteiger partial charge in [0, 0.05) is 13.1 Å². The second-order valence-corrected chi connectivity index (χ2v) is 4.49. The smallest absolute Gasteiger partial charge is 0.356 e. The van der Waals surface area contributed by atoms with E-state index in [0.717, 1.165) is 6.20 Å². The van der Waals surface area contributed by atoms with E-state index in [1.807, 2.05) is 20.8 Å². The van der Waals surface area contributed by atoms with Crippen LogP contribution in [0.15, 0.2) is 12.4 Å². The largest absolute Gasteiger partial charge is 0.476 e. The second-order valence-electron chi connectivity index (χ2n) is 4.49. The van der Waals surface area contributed by atoms with Gasteiger partial charge in [0.15, 0.2) is 5.69 Å². The zero-order valence-electron chi connectivity index (χ0n) is 10.9. The fraction of sp³-hybridized carbons (Fsp3) is 0.500. The molecule has 1 amide bonds. The molecule has 0 saturated carbocycles. The van der Waals surface area contributed by atoms with E-state index in [-0.39, 0.29) is 23.3 Å². The molecule has 1 atom stereocenters.